The second-order valence-corrected chi connectivity index (χ2v) is 3.09. The number of benzene rings is 1. The van der Waals surface area contributed by atoms with Gasteiger partial charge in [-0.1, -0.05) is 12.1 Å². The first-order valence-corrected chi connectivity index (χ1v) is 4.63. The van der Waals surface area contributed by atoms with Crippen molar-refractivity contribution in [2.24, 2.45) is 0 Å². The van der Waals surface area contributed by atoms with Crippen LogP contribution in [0, 0.1) is 0 Å². The Balaban J connectivity index is 2.44. The molecular formula is C11H12N2O2. The Morgan fingerprint density at radius 2 is 2.20 bits per heavy atom. The third kappa shape index (κ3) is 1.85. The molecular weight excluding hydrogens is 192 g/mol. The van der Waals surface area contributed by atoms with Crippen molar-refractivity contribution in [3.05, 3.63) is 36.3 Å². The summed E-state index contributed by atoms with van der Waals surface area (Å²) >= 11 is 0. The van der Waals surface area contributed by atoms with Crippen LogP contribution in [0.5, 0.6) is 5.75 Å². The average molecular weight is 204 g/mol. The molecule has 1 aromatic heterocycles. The number of imidazole rings is 1. The quantitative estimate of drug-likeness (QED) is 0.798. The first-order chi connectivity index (χ1) is 7.35. The predicted molar refractivity (Wildman–Crippen MR) is 56.5 cm³/mol. The fraction of sp³-hybridized carbons (Fsp3) is 0.182. The molecule has 1 aromatic carbocycles. The highest BCUT2D eigenvalue weighted by molar-refractivity contribution is 5.66. The minimum atomic E-state index is -0.0881. The topological polar surface area (TPSA) is 58.1 Å². The molecule has 78 valence electrons. The van der Waals surface area contributed by atoms with Crippen molar-refractivity contribution < 1.29 is 9.84 Å². The lowest BCUT2D eigenvalue weighted by Gasteiger charge is -2.04. The van der Waals surface area contributed by atoms with Gasteiger partial charge in [-0.25, -0.2) is 4.98 Å². The molecule has 0 aliphatic carbocycles. The van der Waals surface area contributed by atoms with Crippen molar-refractivity contribution in [1.29, 1.82) is 0 Å². The van der Waals surface area contributed by atoms with Crippen molar-refractivity contribution in [1.82, 2.24) is 9.97 Å². The van der Waals surface area contributed by atoms with Gasteiger partial charge in [-0.2, -0.15) is 0 Å². The summed E-state index contributed by atoms with van der Waals surface area (Å²) in [4.78, 5) is 7.11. The van der Waals surface area contributed by atoms with Crippen LogP contribution in [0.25, 0.3) is 11.3 Å². The van der Waals surface area contributed by atoms with Crippen LogP contribution in [0.1, 0.15) is 5.82 Å². The Bertz CT molecular complexity index is 451. The monoisotopic (exact) mass is 204 g/mol. The molecule has 15 heavy (non-hydrogen) atoms. The molecule has 0 spiro atoms. The van der Waals surface area contributed by atoms with E-state index in [-0.39, 0.29) is 6.61 Å². The molecule has 0 bridgehead atoms. The number of hydrogen-bond acceptors (Lipinski definition) is 3. The minimum Gasteiger partial charge on any atom is -0.496 e. The smallest absolute Gasteiger partial charge is 0.132 e. The van der Waals surface area contributed by atoms with Gasteiger partial charge in [-0.3, -0.25) is 0 Å². The van der Waals surface area contributed by atoms with E-state index in [9.17, 15) is 0 Å². The van der Waals surface area contributed by atoms with Crippen LogP contribution in [0.2, 0.25) is 0 Å². The fourth-order valence-electron chi connectivity index (χ4n) is 1.44. The lowest BCUT2D eigenvalue weighted by molar-refractivity contribution is 0.272. The summed E-state index contributed by atoms with van der Waals surface area (Å²) in [6, 6.07) is 7.63. The Morgan fingerprint density at radius 1 is 1.40 bits per heavy atom. The van der Waals surface area contributed by atoms with Gasteiger partial charge in [0.15, 0.2) is 0 Å². The van der Waals surface area contributed by atoms with E-state index in [2.05, 4.69) is 9.97 Å². The maximum atomic E-state index is 8.90. The van der Waals surface area contributed by atoms with E-state index in [0.717, 1.165) is 17.0 Å². The third-order valence-corrected chi connectivity index (χ3v) is 2.16. The lowest BCUT2D eigenvalue weighted by atomic mass is 10.1. The molecule has 1 heterocycles. The summed E-state index contributed by atoms with van der Waals surface area (Å²) in [5, 5.41) is 8.90. The summed E-state index contributed by atoms with van der Waals surface area (Å²) in [7, 11) is 1.62. The number of ether oxygens (including phenoxy) is 1. The van der Waals surface area contributed by atoms with Gasteiger partial charge in [0.1, 0.15) is 18.2 Å². The van der Waals surface area contributed by atoms with Crippen molar-refractivity contribution >= 4 is 0 Å². The highest BCUT2D eigenvalue weighted by atomic mass is 16.5. The third-order valence-electron chi connectivity index (χ3n) is 2.16. The zero-order valence-corrected chi connectivity index (χ0v) is 8.40. The van der Waals surface area contributed by atoms with Gasteiger partial charge in [0.2, 0.25) is 0 Å². The second kappa shape index (κ2) is 4.14. The van der Waals surface area contributed by atoms with Crippen LogP contribution >= 0.6 is 0 Å². The van der Waals surface area contributed by atoms with Gasteiger partial charge in [0.05, 0.1) is 12.8 Å². The van der Waals surface area contributed by atoms with Gasteiger partial charge in [-0.05, 0) is 12.1 Å². The number of hydrogen-bond donors (Lipinski definition) is 2. The highest BCUT2D eigenvalue weighted by Gasteiger charge is 2.07. The number of para-hydroxylation sites is 1. The van der Waals surface area contributed by atoms with Gasteiger partial charge in [0.25, 0.3) is 0 Å². The SMILES string of the molecule is COc1ccccc1-c1c[nH]c(CO)n1. The van der Waals surface area contributed by atoms with Crippen molar-refractivity contribution in [3.8, 4) is 17.0 Å². The van der Waals surface area contributed by atoms with E-state index in [0.29, 0.717) is 5.82 Å². The Labute approximate surface area is 87.6 Å². The first-order valence-electron chi connectivity index (χ1n) is 4.63. The summed E-state index contributed by atoms with van der Waals surface area (Å²) in [6.07, 6.45) is 1.75. The molecule has 0 radical (unpaired) electrons. The van der Waals surface area contributed by atoms with E-state index in [4.69, 9.17) is 9.84 Å². The first kappa shape index (κ1) is 9.73. The number of aliphatic hydroxyl groups is 1. The Morgan fingerprint density at radius 3 is 2.87 bits per heavy atom. The largest absolute Gasteiger partial charge is 0.496 e. The van der Waals surface area contributed by atoms with E-state index in [1.165, 1.54) is 0 Å². The van der Waals surface area contributed by atoms with Gasteiger partial charge in [0, 0.05) is 11.8 Å². The summed E-state index contributed by atoms with van der Waals surface area (Å²) < 4.78 is 5.23. The van der Waals surface area contributed by atoms with Crippen LogP contribution in [0.15, 0.2) is 30.5 Å². The molecule has 0 saturated carbocycles. The number of aromatic nitrogens is 2. The molecule has 2 aromatic rings. The van der Waals surface area contributed by atoms with Gasteiger partial charge >= 0.3 is 0 Å². The predicted octanol–water partition coefficient (Wildman–Crippen LogP) is 1.58. The molecule has 4 nitrogen and oxygen atoms in total. The molecule has 0 amide bonds. The standard InChI is InChI=1S/C11H12N2O2/c1-15-10-5-3-2-4-8(10)9-6-12-11(7-14)13-9/h2-6,14H,7H2,1H3,(H,12,13). The van der Waals surface area contributed by atoms with E-state index in [1.807, 2.05) is 24.3 Å². The van der Waals surface area contributed by atoms with Gasteiger partial charge < -0.3 is 14.8 Å². The van der Waals surface area contributed by atoms with Crippen molar-refractivity contribution in [3.63, 3.8) is 0 Å². The normalized spacial score (nSPS) is 10.3. The van der Waals surface area contributed by atoms with E-state index in [1.54, 1.807) is 13.3 Å². The number of H-pyrrole nitrogens is 1. The van der Waals surface area contributed by atoms with Crippen LogP contribution < -0.4 is 4.74 Å². The molecule has 2 rings (SSSR count). The zero-order valence-electron chi connectivity index (χ0n) is 8.40. The molecule has 0 aliphatic rings. The molecule has 0 saturated heterocycles. The number of rotatable bonds is 3. The van der Waals surface area contributed by atoms with Gasteiger partial charge in [-0.15, -0.1) is 0 Å². The van der Waals surface area contributed by atoms with Crippen LogP contribution in [0.4, 0.5) is 0 Å². The molecule has 0 unspecified atom stereocenters. The summed E-state index contributed by atoms with van der Waals surface area (Å²) in [6.45, 7) is -0.0881. The van der Waals surface area contributed by atoms with E-state index >= 15 is 0 Å². The number of aromatic amines is 1. The number of aliphatic hydroxyl groups excluding tert-OH is 1. The van der Waals surface area contributed by atoms with Crippen LogP contribution in [-0.2, 0) is 6.61 Å². The van der Waals surface area contributed by atoms with Crippen LogP contribution in [0.3, 0.4) is 0 Å². The van der Waals surface area contributed by atoms with E-state index < -0.39 is 0 Å². The lowest BCUT2D eigenvalue weighted by Crippen LogP contribution is -1.88. The maximum Gasteiger partial charge on any atom is 0.132 e. The highest BCUT2D eigenvalue weighted by Crippen LogP contribution is 2.27. The Hall–Kier alpha value is -1.81. The van der Waals surface area contributed by atoms with Crippen LogP contribution in [-0.4, -0.2) is 22.2 Å². The molecule has 4 heteroatoms. The maximum absolute atomic E-state index is 8.90. The minimum absolute atomic E-state index is 0.0881. The molecule has 0 fully saturated rings. The Kier molecular flexibility index (Phi) is 2.69. The molecule has 2 N–H and O–H groups in total. The number of methoxy groups -OCH3 is 1. The fourth-order valence-corrected chi connectivity index (χ4v) is 1.44. The summed E-state index contributed by atoms with van der Waals surface area (Å²) in [5.74, 6) is 1.32. The number of nitrogens with one attached hydrogen (secondary N) is 1. The zero-order chi connectivity index (χ0) is 10.7. The summed E-state index contributed by atoms with van der Waals surface area (Å²) in [5.41, 5.74) is 1.69. The average Bonchev–Trinajstić information content (AvgIpc) is 2.77. The second-order valence-electron chi connectivity index (χ2n) is 3.09. The number of nitrogens with zero attached hydrogens (tertiary/aromatic N) is 1. The molecule has 0 atom stereocenters. The van der Waals surface area contributed by atoms with Crippen molar-refractivity contribution in [2.45, 2.75) is 6.61 Å². The van der Waals surface area contributed by atoms with Crippen molar-refractivity contribution in [2.75, 3.05) is 7.11 Å². The molecule has 0 aliphatic heterocycles.